The van der Waals surface area contributed by atoms with Crippen molar-refractivity contribution in [2.45, 2.75) is 18.6 Å². The minimum atomic E-state index is -1.03. The molecule has 2 unspecified atom stereocenters. The van der Waals surface area contributed by atoms with E-state index in [1.165, 1.54) is 12.1 Å². The summed E-state index contributed by atoms with van der Waals surface area (Å²) in [5.74, 6) is -0.558. The number of aromatic carboxylic acids is 1. The number of carbonyl (C=O) groups is 1. The summed E-state index contributed by atoms with van der Waals surface area (Å²) in [7, 11) is 0. The van der Waals surface area contributed by atoms with Crippen LogP contribution in [0.3, 0.4) is 0 Å². The average molecular weight is 248 g/mol. The van der Waals surface area contributed by atoms with E-state index in [-0.39, 0.29) is 4.88 Å². The minimum absolute atomic E-state index is 0.155. The van der Waals surface area contributed by atoms with E-state index >= 15 is 0 Å². The van der Waals surface area contributed by atoms with Crippen LogP contribution in [0.15, 0.2) is 12.1 Å². The van der Waals surface area contributed by atoms with Crippen LogP contribution in [0.25, 0.3) is 0 Å². The van der Waals surface area contributed by atoms with Crippen molar-refractivity contribution in [3.63, 3.8) is 0 Å². The summed E-state index contributed by atoms with van der Waals surface area (Å²) >= 11 is 4.91. The van der Waals surface area contributed by atoms with Crippen molar-refractivity contribution in [2.75, 3.05) is 5.75 Å². The molecule has 4 nitrogen and oxygen atoms in total. The molecule has 1 heterocycles. The lowest BCUT2D eigenvalue weighted by Crippen LogP contribution is -2.17. The average Bonchev–Trinajstić information content (AvgIpc) is 2.65. The van der Waals surface area contributed by atoms with Crippen molar-refractivity contribution < 1.29 is 20.1 Å². The van der Waals surface area contributed by atoms with Crippen LogP contribution < -0.4 is 0 Å². The van der Waals surface area contributed by atoms with E-state index in [9.17, 15) is 15.0 Å². The van der Waals surface area contributed by atoms with Crippen molar-refractivity contribution in [3.8, 4) is 0 Å². The van der Waals surface area contributed by atoms with Crippen molar-refractivity contribution >= 4 is 29.9 Å². The van der Waals surface area contributed by atoms with Gasteiger partial charge in [0.1, 0.15) is 11.0 Å². The molecule has 0 aliphatic carbocycles. The molecule has 15 heavy (non-hydrogen) atoms. The summed E-state index contributed by atoms with van der Waals surface area (Å²) in [5.41, 5.74) is 0. The summed E-state index contributed by atoms with van der Waals surface area (Å²) in [6.45, 7) is 0. The van der Waals surface area contributed by atoms with Gasteiger partial charge in [-0.05, 0) is 24.3 Å². The first-order valence-electron chi connectivity index (χ1n) is 4.36. The largest absolute Gasteiger partial charge is 0.477 e. The van der Waals surface area contributed by atoms with Gasteiger partial charge in [0.2, 0.25) is 0 Å². The van der Waals surface area contributed by atoms with Gasteiger partial charge < -0.3 is 15.3 Å². The fourth-order valence-corrected chi connectivity index (χ4v) is 2.26. The summed E-state index contributed by atoms with van der Waals surface area (Å²) in [6, 6.07) is 2.93. The number of carboxylic acids is 1. The molecule has 0 radical (unpaired) electrons. The maximum Gasteiger partial charge on any atom is 0.345 e. The molecular formula is C9H12O4S2. The van der Waals surface area contributed by atoms with E-state index in [4.69, 9.17) is 5.11 Å². The van der Waals surface area contributed by atoms with Crippen LogP contribution in [0.4, 0.5) is 0 Å². The predicted octanol–water partition coefficient (Wildman–Crippen LogP) is 1.16. The van der Waals surface area contributed by atoms with E-state index in [1.54, 1.807) is 0 Å². The Hall–Kier alpha value is -0.560. The van der Waals surface area contributed by atoms with Crippen LogP contribution in [-0.4, -0.2) is 33.1 Å². The molecule has 1 rings (SSSR count). The first-order chi connectivity index (χ1) is 7.06. The van der Waals surface area contributed by atoms with E-state index in [2.05, 4.69) is 12.6 Å². The second-order valence-corrected chi connectivity index (χ2v) is 4.59. The summed E-state index contributed by atoms with van der Waals surface area (Å²) < 4.78 is 0. The molecule has 0 fully saturated rings. The number of carboxylic acid groups (broad SMARTS) is 1. The van der Waals surface area contributed by atoms with Gasteiger partial charge in [-0.25, -0.2) is 4.79 Å². The van der Waals surface area contributed by atoms with Gasteiger partial charge >= 0.3 is 5.97 Å². The highest BCUT2D eigenvalue weighted by Crippen LogP contribution is 2.26. The second kappa shape index (κ2) is 5.50. The van der Waals surface area contributed by atoms with Crippen LogP contribution in [0.5, 0.6) is 0 Å². The Labute approximate surface area is 96.6 Å². The third kappa shape index (κ3) is 3.20. The second-order valence-electron chi connectivity index (χ2n) is 3.03. The maximum atomic E-state index is 10.6. The number of hydrogen-bond acceptors (Lipinski definition) is 5. The molecule has 0 spiro atoms. The maximum absolute atomic E-state index is 10.6. The molecule has 0 bridgehead atoms. The number of hydrogen-bond donors (Lipinski definition) is 4. The number of rotatable bonds is 5. The molecule has 1 aromatic rings. The van der Waals surface area contributed by atoms with E-state index in [0.29, 0.717) is 17.1 Å². The van der Waals surface area contributed by atoms with Crippen LogP contribution in [0.1, 0.15) is 27.1 Å². The first kappa shape index (κ1) is 12.5. The topological polar surface area (TPSA) is 77.8 Å². The van der Waals surface area contributed by atoms with Crippen LogP contribution in [0, 0.1) is 0 Å². The fourth-order valence-electron chi connectivity index (χ4n) is 1.11. The molecule has 0 aliphatic rings. The smallest absolute Gasteiger partial charge is 0.345 e. The first-order valence-corrected chi connectivity index (χ1v) is 5.81. The quantitative estimate of drug-likeness (QED) is 0.590. The van der Waals surface area contributed by atoms with E-state index in [0.717, 1.165) is 11.3 Å². The zero-order valence-electron chi connectivity index (χ0n) is 7.83. The zero-order valence-corrected chi connectivity index (χ0v) is 9.54. The lowest BCUT2D eigenvalue weighted by molar-refractivity contribution is 0.0194. The Morgan fingerprint density at radius 3 is 2.60 bits per heavy atom. The number of aliphatic hydroxyl groups excluding tert-OH is 2. The summed E-state index contributed by atoms with van der Waals surface area (Å²) in [6.07, 6.45) is -1.57. The molecule has 2 atom stereocenters. The minimum Gasteiger partial charge on any atom is -0.477 e. The normalized spacial score (nSPS) is 14.9. The third-order valence-electron chi connectivity index (χ3n) is 1.92. The fraction of sp³-hybridized carbons (Fsp3) is 0.444. The van der Waals surface area contributed by atoms with Gasteiger partial charge in [0.15, 0.2) is 0 Å². The molecule has 0 aromatic carbocycles. The Bertz CT molecular complexity index is 337. The molecule has 84 valence electrons. The highest BCUT2D eigenvalue weighted by molar-refractivity contribution is 7.80. The van der Waals surface area contributed by atoms with Gasteiger partial charge in [-0.2, -0.15) is 12.6 Å². The molecule has 0 amide bonds. The zero-order chi connectivity index (χ0) is 11.4. The van der Waals surface area contributed by atoms with Crippen molar-refractivity contribution in [3.05, 3.63) is 21.9 Å². The van der Waals surface area contributed by atoms with Gasteiger partial charge in [-0.3, -0.25) is 0 Å². The van der Waals surface area contributed by atoms with Crippen molar-refractivity contribution in [1.82, 2.24) is 0 Å². The van der Waals surface area contributed by atoms with Gasteiger partial charge in [0.05, 0.1) is 6.10 Å². The lowest BCUT2D eigenvalue weighted by atomic mass is 10.1. The number of thiophene rings is 1. The Kier molecular flexibility index (Phi) is 4.59. The molecule has 3 N–H and O–H groups in total. The van der Waals surface area contributed by atoms with Crippen LogP contribution in [0.2, 0.25) is 0 Å². The summed E-state index contributed by atoms with van der Waals surface area (Å²) in [4.78, 5) is 11.2. The van der Waals surface area contributed by atoms with Crippen LogP contribution >= 0.6 is 24.0 Å². The van der Waals surface area contributed by atoms with Gasteiger partial charge in [0, 0.05) is 4.88 Å². The SMILES string of the molecule is O=C(O)c1ccc(C(O)C(O)CCS)s1. The monoisotopic (exact) mass is 248 g/mol. The van der Waals surface area contributed by atoms with Crippen molar-refractivity contribution in [2.24, 2.45) is 0 Å². The molecule has 6 heteroatoms. The van der Waals surface area contributed by atoms with E-state index < -0.39 is 18.2 Å². The van der Waals surface area contributed by atoms with Crippen LogP contribution in [-0.2, 0) is 0 Å². The van der Waals surface area contributed by atoms with Gasteiger partial charge in [0.25, 0.3) is 0 Å². The predicted molar refractivity (Wildman–Crippen MR) is 60.7 cm³/mol. The molecular weight excluding hydrogens is 236 g/mol. The molecule has 0 saturated heterocycles. The van der Waals surface area contributed by atoms with E-state index in [1.807, 2.05) is 0 Å². The number of thiol groups is 1. The molecule has 0 saturated carbocycles. The van der Waals surface area contributed by atoms with Gasteiger partial charge in [-0.15, -0.1) is 11.3 Å². The standard InChI is InChI=1S/C9H12O4S2/c10-5(3-4-14)8(11)6-1-2-7(15-6)9(12)13/h1-2,5,8,10-11,14H,3-4H2,(H,12,13). The molecule has 0 aliphatic heterocycles. The Morgan fingerprint density at radius 1 is 1.47 bits per heavy atom. The molecule has 1 aromatic heterocycles. The van der Waals surface area contributed by atoms with Gasteiger partial charge in [-0.1, -0.05) is 0 Å². The Balaban J connectivity index is 2.73. The van der Waals surface area contributed by atoms with Crippen molar-refractivity contribution in [1.29, 1.82) is 0 Å². The Morgan fingerprint density at radius 2 is 2.13 bits per heavy atom. The highest BCUT2D eigenvalue weighted by Gasteiger charge is 2.20. The third-order valence-corrected chi connectivity index (χ3v) is 3.32. The summed E-state index contributed by atoms with van der Waals surface area (Å²) in [5, 5.41) is 27.8. The number of aliphatic hydroxyl groups is 2. The highest BCUT2D eigenvalue weighted by atomic mass is 32.1. The lowest BCUT2D eigenvalue weighted by Gasteiger charge is -2.14.